The molecule has 0 spiro atoms. The maximum absolute atomic E-state index is 5.17. The molecular weight excluding hydrogens is 200 g/mol. The molecule has 1 unspecified atom stereocenters. The van der Waals surface area contributed by atoms with E-state index in [1.54, 1.807) is 7.11 Å². The first-order valence-electron chi connectivity index (χ1n) is 6.75. The van der Waals surface area contributed by atoms with Crippen LogP contribution < -0.4 is 10.6 Å². The molecule has 2 N–H and O–H groups in total. The summed E-state index contributed by atoms with van der Waals surface area (Å²) in [5.74, 6) is 0.918. The zero-order chi connectivity index (χ0) is 11.3. The van der Waals surface area contributed by atoms with Crippen molar-refractivity contribution in [2.45, 2.75) is 32.1 Å². The van der Waals surface area contributed by atoms with Crippen LogP contribution >= 0.6 is 0 Å². The summed E-state index contributed by atoms with van der Waals surface area (Å²) in [5.41, 5.74) is 0.601. The SMILES string of the molecule is COCCC1(CNCCC2CCNC2)CC1. The third kappa shape index (κ3) is 3.72. The van der Waals surface area contributed by atoms with E-state index in [1.807, 2.05) is 0 Å². The third-order valence-electron chi connectivity index (χ3n) is 4.19. The van der Waals surface area contributed by atoms with E-state index in [1.165, 1.54) is 58.3 Å². The first-order valence-corrected chi connectivity index (χ1v) is 6.75. The fourth-order valence-corrected chi connectivity index (χ4v) is 2.63. The van der Waals surface area contributed by atoms with Gasteiger partial charge in [-0.05, 0) is 63.1 Å². The van der Waals surface area contributed by atoms with Crippen molar-refractivity contribution in [3.05, 3.63) is 0 Å². The summed E-state index contributed by atoms with van der Waals surface area (Å²) in [5, 5.41) is 7.07. The first kappa shape index (κ1) is 12.3. The Morgan fingerprint density at radius 2 is 2.31 bits per heavy atom. The fourth-order valence-electron chi connectivity index (χ4n) is 2.63. The molecule has 0 aromatic carbocycles. The molecule has 1 heterocycles. The molecule has 1 saturated heterocycles. The van der Waals surface area contributed by atoms with Crippen molar-refractivity contribution in [2.24, 2.45) is 11.3 Å². The monoisotopic (exact) mass is 226 g/mol. The highest BCUT2D eigenvalue weighted by Crippen LogP contribution is 2.48. The van der Waals surface area contributed by atoms with Crippen molar-refractivity contribution >= 4 is 0 Å². The highest BCUT2D eigenvalue weighted by molar-refractivity contribution is 4.94. The van der Waals surface area contributed by atoms with Crippen LogP contribution in [-0.4, -0.2) is 39.9 Å². The van der Waals surface area contributed by atoms with Crippen LogP contribution in [0.2, 0.25) is 0 Å². The second kappa shape index (κ2) is 5.99. The van der Waals surface area contributed by atoms with E-state index in [4.69, 9.17) is 4.74 Å². The molecule has 0 radical (unpaired) electrons. The van der Waals surface area contributed by atoms with E-state index in [-0.39, 0.29) is 0 Å². The topological polar surface area (TPSA) is 33.3 Å². The van der Waals surface area contributed by atoms with Crippen LogP contribution in [0.1, 0.15) is 32.1 Å². The second-order valence-corrected chi connectivity index (χ2v) is 5.57. The van der Waals surface area contributed by atoms with Gasteiger partial charge in [-0.25, -0.2) is 0 Å². The molecule has 3 heteroatoms. The summed E-state index contributed by atoms with van der Waals surface area (Å²) >= 11 is 0. The van der Waals surface area contributed by atoms with Gasteiger partial charge in [0.2, 0.25) is 0 Å². The van der Waals surface area contributed by atoms with E-state index in [2.05, 4.69) is 10.6 Å². The van der Waals surface area contributed by atoms with E-state index in [9.17, 15) is 0 Å². The highest BCUT2D eigenvalue weighted by atomic mass is 16.5. The lowest BCUT2D eigenvalue weighted by Gasteiger charge is -2.16. The predicted molar refractivity (Wildman–Crippen MR) is 66.6 cm³/mol. The number of hydrogen-bond acceptors (Lipinski definition) is 3. The van der Waals surface area contributed by atoms with Crippen molar-refractivity contribution in [1.82, 2.24) is 10.6 Å². The van der Waals surface area contributed by atoms with Crippen molar-refractivity contribution in [2.75, 3.05) is 39.9 Å². The Bertz CT molecular complexity index is 198. The van der Waals surface area contributed by atoms with E-state index in [0.29, 0.717) is 5.41 Å². The molecule has 2 aliphatic rings. The lowest BCUT2D eigenvalue weighted by atomic mass is 10.0. The molecule has 1 aliphatic carbocycles. The Morgan fingerprint density at radius 3 is 2.94 bits per heavy atom. The van der Waals surface area contributed by atoms with Gasteiger partial charge in [0, 0.05) is 20.3 Å². The number of ether oxygens (including phenoxy) is 1. The summed E-state index contributed by atoms with van der Waals surface area (Å²) in [6.45, 7) is 5.78. The van der Waals surface area contributed by atoms with Gasteiger partial charge in [0.1, 0.15) is 0 Å². The lowest BCUT2D eigenvalue weighted by Crippen LogP contribution is -2.27. The summed E-state index contributed by atoms with van der Waals surface area (Å²) in [6.07, 6.45) is 6.74. The molecule has 0 aromatic heterocycles. The van der Waals surface area contributed by atoms with Crippen LogP contribution in [0.25, 0.3) is 0 Å². The van der Waals surface area contributed by atoms with Crippen LogP contribution in [0, 0.1) is 11.3 Å². The molecular formula is C13H26N2O. The molecule has 3 nitrogen and oxygen atoms in total. The first-order chi connectivity index (χ1) is 7.85. The average molecular weight is 226 g/mol. The Kier molecular flexibility index (Phi) is 4.62. The van der Waals surface area contributed by atoms with Crippen molar-refractivity contribution in [3.63, 3.8) is 0 Å². The number of hydrogen-bond donors (Lipinski definition) is 2. The summed E-state index contributed by atoms with van der Waals surface area (Å²) in [4.78, 5) is 0. The van der Waals surface area contributed by atoms with Crippen molar-refractivity contribution in [3.8, 4) is 0 Å². The average Bonchev–Trinajstić information content (AvgIpc) is 2.87. The minimum atomic E-state index is 0.601. The molecule has 1 aliphatic heterocycles. The van der Waals surface area contributed by atoms with Crippen molar-refractivity contribution < 1.29 is 4.74 Å². The van der Waals surface area contributed by atoms with E-state index in [0.717, 1.165) is 12.5 Å². The third-order valence-corrected chi connectivity index (χ3v) is 4.19. The zero-order valence-electron chi connectivity index (χ0n) is 10.6. The van der Waals surface area contributed by atoms with Gasteiger partial charge in [0.25, 0.3) is 0 Å². The summed E-state index contributed by atoms with van der Waals surface area (Å²) < 4.78 is 5.17. The Morgan fingerprint density at radius 1 is 1.44 bits per heavy atom. The maximum atomic E-state index is 5.17. The molecule has 0 amide bonds. The molecule has 94 valence electrons. The molecule has 0 aromatic rings. The lowest BCUT2D eigenvalue weighted by molar-refractivity contribution is 0.171. The summed E-state index contributed by atoms with van der Waals surface area (Å²) in [6, 6.07) is 0. The summed E-state index contributed by atoms with van der Waals surface area (Å²) in [7, 11) is 1.80. The molecule has 2 rings (SSSR count). The molecule has 1 atom stereocenters. The fraction of sp³-hybridized carbons (Fsp3) is 1.00. The van der Waals surface area contributed by atoms with E-state index < -0.39 is 0 Å². The standard InChI is InChI=1S/C13H26N2O/c1-16-9-6-13(4-5-13)11-15-8-3-12-2-7-14-10-12/h12,14-15H,2-11H2,1H3. The van der Waals surface area contributed by atoms with Gasteiger partial charge in [0.15, 0.2) is 0 Å². The molecule has 2 fully saturated rings. The van der Waals surface area contributed by atoms with Gasteiger partial charge >= 0.3 is 0 Å². The Balaban J connectivity index is 1.50. The van der Waals surface area contributed by atoms with Crippen LogP contribution in [0.4, 0.5) is 0 Å². The van der Waals surface area contributed by atoms with Gasteiger partial charge < -0.3 is 15.4 Å². The number of methoxy groups -OCH3 is 1. The van der Waals surface area contributed by atoms with E-state index >= 15 is 0 Å². The van der Waals surface area contributed by atoms with Crippen molar-refractivity contribution in [1.29, 1.82) is 0 Å². The van der Waals surface area contributed by atoms with Crippen LogP contribution in [0.5, 0.6) is 0 Å². The molecule has 16 heavy (non-hydrogen) atoms. The maximum Gasteiger partial charge on any atom is 0.0468 e. The van der Waals surface area contributed by atoms with Gasteiger partial charge in [-0.15, -0.1) is 0 Å². The van der Waals surface area contributed by atoms with Gasteiger partial charge in [-0.2, -0.15) is 0 Å². The Hall–Kier alpha value is -0.120. The predicted octanol–water partition coefficient (Wildman–Crippen LogP) is 1.39. The minimum absolute atomic E-state index is 0.601. The highest BCUT2D eigenvalue weighted by Gasteiger charge is 2.41. The zero-order valence-corrected chi connectivity index (χ0v) is 10.6. The number of nitrogens with one attached hydrogen (secondary N) is 2. The van der Waals surface area contributed by atoms with Gasteiger partial charge in [-0.1, -0.05) is 0 Å². The van der Waals surface area contributed by atoms with Crippen LogP contribution in [0.3, 0.4) is 0 Å². The van der Waals surface area contributed by atoms with Crippen LogP contribution in [-0.2, 0) is 4.74 Å². The smallest absolute Gasteiger partial charge is 0.0468 e. The largest absolute Gasteiger partial charge is 0.385 e. The quantitative estimate of drug-likeness (QED) is 0.614. The minimum Gasteiger partial charge on any atom is -0.385 e. The van der Waals surface area contributed by atoms with Gasteiger partial charge in [-0.3, -0.25) is 0 Å². The number of rotatable bonds is 8. The second-order valence-electron chi connectivity index (χ2n) is 5.57. The van der Waals surface area contributed by atoms with Gasteiger partial charge in [0.05, 0.1) is 0 Å². The molecule has 1 saturated carbocycles. The van der Waals surface area contributed by atoms with Crippen LogP contribution in [0.15, 0.2) is 0 Å². The Labute approximate surface area is 99.3 Å². The normalized spacial score (nSPS) is 27.2. The molecule has 0 bridgehead atoms.